The number of para-hydroxylation sites is 1. The quantitative estimate of drug-likeness (QED) is 0.503. The summed E-state index contributed by atoms with van der Waals surface area (Å²) < 4.78 is 25.9. The predicted octanol–water partition coefficient (Wildman–Crippen LogP) is 4.06. The number of carbonyl (C=O) groups excluding carboxylic acids is 2. The summed E-state index contributed by atoms with van der Waals surface area (Å²) in [6, 6.07) is 21.1. The van der Waals surface area contributed by atoms with Crippen molar-refractivity contribution in [1.82, 2.24) is 5.32 Å². The van der Waals surface area contributed by atoms with Gasteiger partial charge in [0, 0.05) is 11.6 Å². The molecule has 9 heteroatoms. The highest BCUT2D eigenvalue weighted by Gasteiger charge is 2.29. The van der Waals surface area contributed by atoms with Gasteiger partial charge in [-0.05, 0) is 48.9 Å². The monoisotopic (exact) mass is 485 g/mol. The lowest BCUT2D eigenvalue weighted by atomic mass is 10.1. The molecule has 1 unspecified atom stereocenters. The van der Waals surface area contributed by atoms with Crippen LogP contribution in [0.3, 0.4) is 0 Å². The molecule has 0 saturated heterocycles. The van der Waals surface area contributed by atoms with Gasteiger partial charge in [-0.2, -0.15) is 0 Å². The van der Waals surface area contributed by atoms with E-state index in [0.717, 1.165) is 16.1 Å². The van der Waals surface area contributed by atoms with Gasteiger partial charge in [-0.1, -0.05) is 54.1 Å². The summed E-state index contributed by atoms with van der Waals surface area (Å²) in [6.07, 6.45) is 1.02. The van der Waals surface area contributed by atoms with E-state index in [4.69, 9.17) is 11.6 Å². The van der Waals surface area contributed by atoms with Crippen molar-refractivity contribution < 1.29 is 18.0 Å². The van der Waals surface area contributed by atoms with E-state index in [0.29, 0.717) is 17.3 Å². The molecule has 0 aliphatic heterocycles. The molecule has 0 aliphatic rings. The summed E-state index contributed by atoms with van der Waals surface area (Å²) >= 11 is 5.91. The van der Waals surface area contributed by atoms with Gasteiger partial charge in [0.15, 0.2) is 0 Å². The number of nitrogens with one attached hydrogen (secondary N) is 2. The lowest BCUT2D eigenvalue weighted by Crippen LogP contribution is -2.45. The van der Waals surface area contributed by atoms with E-state index in [9.17, 15) is 18.0 Å². The molecule has 0 aromatic heterocycles. The molecule has 172 valence electrons. The van der Waals surface area contributed by atoms with Crippen LogP contribution in [0.4, 0.5) is 11.4 Å². The molecule has 1 atom stereocenters. The van der Waals surface area contributed by atoms with Crippen molar-refractivity contribution in [3.05, 3.63) is 95.0 Å². The highest BCUT2D eigenvalue weighted by atomic mass is 35.5. The van der Waals surface area contributed by atoms with Gasteiger partial charge in [0.05, 0.1) is 23.2 Å². The molecule has 0 aliphatic carbocycles. The lowest BCUT2D eigenvalue weighted by Gasteiger charge is -2.28. The number of hydrogen-bond acceptors (Lipinski definition) is 4. The molecular formula is C24H24ClN3O4S. The summed E-state index contributed by atoms with van der Waals surface area (Å²) in [6.45, 7) is 1.81. The van der Waals surface area contributed by atoms with Gasteiger partial charge in [0.1, 0.15) is 6.04 Å². The molecule has 0 saturated carbocycles. The zero-order chi connectivity index (χ0) is 24.0. The molecule has 0 radical (unpaired) electrons. The van der Waals surface area contributed by atoms with Gasteiger partial charge in [-0.25, -0.2) is 8.42 Å². The van der Waals surface area contributed by atoms with E-state index >= 15 is 0 Å². The first-order chi connectivity index (χ1) is 15.7. The first-order valence-corrected chi connectivity index (χ1v) is 12.4. The van der Waals surface area contributed by atoms with Crippen molar-refractivity contribution in [2.24, 2.45) is 0 Å². The number of sulfonamides is 1. The van der Waals surface area contributed by atoms with Crippen LogP contribution < -0.4 is 14.9 Å². The fourth-order valence-electron chi connectivity index (χ4n) is 3.30. The number of rotatable bonds is 8. The molecule has 33 heavy (non-hydrogen) atoms. The van der Waals surface area contributed by atoms with Crippen molar-refractivity contribution >= 4 is 44.8 Å². The zero-order valence-electron chi connectivity index (χ0n) is 18.2. The molecule has 3 aromatic carbocycles. The van der Waals surface area contributed by atoms with Gasteiger partial charge in [-0.3, -0.25) is 13.9 Å². The number of nitrogens with zero attached hydrogens (tertiary/aromatic N) is 1. The fourth-order valence-corrected chi connectivity index (χ4v) is 4.60. The van der Waals surface area contributed by atoms with Crippen LogP contribution in [0.5, 0.6) is 0 Å². The van der Waals surface area contributed by atoms with Crippen molar-refractivity contribution in [3.8, 4) is 0 Å². The molecule has 0 spiro atoms. The summed E-state index contributed by atoms with van der Waals surface area (Å²) in [5.74, 6) is -0.946. The van der Waals surface area contributed by atoms with Crippen LogP contribution in [0.15, 0.2) is 78.9 Å². The van der Waals surface area contributed by atoms with Gasteiger partial charge >= 0.3 is 0 Å². The standard InChI is InChI=1S/C24H24ClN3O4S/c1-17(28(33(2,31)32)20-14-12-19(25)13-15-20)23(29)27-22-11-7-6-10-21(22)24(30)26-16-18-8-4-3-5-9-18/h3-15,17H,16H2,1-2H3,(H,26,30)(H,27,29). The number of carbonyl (C=O) groups is 2. The molecule has 0 heterocycles. The Bertz CT molecular complexity index is 1230. The largest absolute Gasteiger partial charge is 0.348 e. The molecule has 3 aromatic rings. The lowest BCUT2D eigenvalue weighted by molar-refractivity contribution is -0.116. The molecule has 3 rings (SSSR count). The van der Waals surface area contributed by atoms with Gasteiger partial charge in [0.2, 0.25) is 15.9 Å². The van der Waals surface area contributed by atoms with Crippen LogP contribution in [0.1, 0.15) is 22.8 Å². The Kier molecular flexibility index (Phi) is 7.73. The van der Waals surface area contributed by atoms with Crippen LogP contribution in [0.25, 0.3) is 0 Å². The zero-order valence-corrected chi connectivity index (χ0v) is 19.7. The Balaban J connectivity index is 1.79. The average molecular weight is 486 g/mol. The third kappa shape index (κ3) is 6.34. The summed E-state index contributed by atoms with van der Waals surface area (Å²) in [7, 11) is -3.78. The first kappa shape index (κ1) is 24.3. The van der Waals surface area contributed by atoms with Crippen molar-refractivity contribution in [2.75, 3.05) is 15.9 Å². The topological polar surface area (TPSA) is 95.6 Å². The number of hydrogen-bond donors (Lipinski definition) is 2. The summed E-state index contributed by atoms with van der Waals surface area (Å²) in [5, 5.41) is 5.96. The van der Waals surface area contributed by atoms with E-state index in [-0.39, 0.29) is 17.2 Å². The normalized spacial score (nSPS) is 12.0. The third-order valence-electron chi connectivity index (χ3n) is 4.90. The van der Waals surface area contributed by atoms with Crippen molar-refractivity contribution in [1.29, 1.82) is 0 Å². The highest BCUT2D eigenvalue weighted by molar-refractivity contribution is 7.92. The number of halogens is 1. The maximum absolute atomic E-state index is 13.0. The Morgan fingerprint density at radius 1 is 0.939 bits per heavy atom. The van der Waals surface area contributed by atoms with Crippen LogP contribution >= 0.6 is 11.6 Å². The van der Waals surface area contributed by atoms with E-state index < -0.39 is 22.0 Å². The summed E-state index contributed by atoms with van der Waals surface area (Å²) in [4.78, 5) is 25.8. The highest BCUT2D eigenvalue weighted by Crippen LogP contribution is 2.24. The Labute approximate surface area is 198 Å². The first-order valence-electron chi connectivity index (χ1n) is 10.1. The molecule has 7 nitrogen and oxygen atoms in total. The SMILES string of the molecule is CC(C(=O)Nc1ccccc1C(=O)NCc1ccccc1)N(c1ccc(Cl)cc1)S(C)(=O)=O. The van der Waals surface area contributed by atoms with Gasteiger partial charge in [-0.15, -0.1) is 0 Å². The minimum Gasteiger partial charge on any atom is -0.348 e. The molecule has 2 amide bonds. The van der Waals surface area contributed by atoms with Gasteiger partial charge in [0.25, 0.3) is 5.91 Å². The predicted molar refractivity (Wildman–Crippen MR) is 131 cm³/mol. The van der Waals surface area contributed by atoms with Crippen LogP contribution in [-0.4, -0.2) is 32.5 Å². The Morgan fingerprint density at radius 3 is 2.18 bits per heavy atom. The van der Waals surface area contributed by atoms with Crippen molar-refractivity contribution in [3.63, 3.8) is 0 Å². The second-order valence-corrected chi connectivity index (χ2v) is 9.71. The Morgan fingerprint density at radius 2 is 1.55 bits per heavy atom. The van der Waals surface area contributed by atoms with Crippen LogP contribution in [0.2, 0.25) is 5.02 Å². The minimum atomic E-state index is -3.78. The van der Waals surface area contributed by atoms with E-state index in [1.165, 1.54) is 19.1 Å². The number of benzene rings is 3. The summed E-state index contributed by atoms with van der Waals surface area (Å²) in [5.41, 5.74) is 1.79. The van der Waals surface area contributed by atoms with E-state index in [1.54, 1.807) is 36.4 Å². The average Bonchev–Trinajstić information content (AvgIpc) is 2.79. The van der Waals surface area contributed by atoms with Gasteiger partial charge < -0.3 is 10.6 Å². The smallest absolute Gasteiger partial charge is 0.253 e. The molecule has 0 fully saturated rings. The minimum absolute atomic E-state index is 0.270. The van der Waals surface area contributed by atoms with Crippen LogP contribution in [-0.2, 0) is 21.4 Å². The van der Waals surface area contributed by atoms with E-state index in [2.05, 4.69) is 10.6 Å². The number of anilines is 2. The molecule has 0 bridgehead atoms. The second-order valence-electron chi connectivity index (χ2n) is 7.41. The maximum Gasteiger partial charge on any atom is 0.253 e. The molecular weight excluding hydrogens is 462 g/mol. The Hall–Kier alpha value is -3.36. The van der Waals surface area contributed by atoms with Crippen molar-refractivity contribution in [2.45, 2.75) is 19.5 Å². The second kappa shape index (κ2) is 10.5. The number of amides is 2. The fraction of sp³-hybridized carbons (Fsp3) is 0.167. The van der Waals surface area contributed by atoms with Crippen LogP contribution in [0, 0.1) is 0 Å². The maximum atomic E-state index is 13.0. The third-order valence-corrected chi connectivity index (χ3v) is 6.39. The van der Waals surface area contributed by atoms with E-state index in [1.807, 2.05) is 30.3 Å². The molecule has 2 N–H and O–H groups in total.